The van der Waals surface area contributed by atoms with Crippen LogP contribution < -0.4 is 0 Å². The van der Waals surface area contributed by atoms with Gasteiger partial charge in [-0.3, -0.25) is 4.90 Å². The lowest BCUT2D eigenvalue weighted by molar-refractivity contribution is 0.132. The molecule has 1 aromatic carbocycles. The van der Waals surface area contributed by atoms with Crippen molar-refractivity contribution in [1.82, 2.24) is 4.90 Å². The summed E-state index contributed by atoms with van der Waals surface area (Å²) in [7, 11) is 0. The third-order valence-electron chi connectivity index (χ3n) is 3.67. The van der Waals surface area contributed by atoms with Crippen molar-refractivity contribution < 1.29 is 0 Å². The first-order valence-electron chi connectivity index (χ1n) is 6.79. The van der Waals surface area contributed by atoms with E-state index in [0.717, 1.165) is 18.3 Å². The van der Waals surface area contributed by atoms with Crippen LogP contribution in [0.4, 0.5) is 0 Å². The van der Waals surface area contributed by atoms with Gasteiger partial charge in [-0.15, -0.1) is 0 Å². The Balaban J connectivity index is 1.92. The fourth-order valence-corrected chi connectivity index (χ4v) is 2.92. The van der Waals surface area contributed by atoms with Gasteiger partial charge in [0.1, 0.15) is 0 Å². The quantitative estimate of drug-likeness (QED) is 0.778. The van der Waals surface area contributed by atoms with Crippen LogP contribution in [-0.2, 0) is 6.54 Å². The first-order valence-corrected chi connectivity index (χ1v) is 7.42. The number of piperidine rings is 1. The summed E-state index contributed by atoms with van der Waals surface area (Å²) >= 11 is 4.33. The third kappa shape index (κ3) is 4.04. The first-order chi connectivity index (χ1) is 8.40. The summed E-state index contributed by atoms with van der Waals surface area (Å²) in [5.41, 5.74) is 1.45. The van der Waals surface area contributed by atoms with Crippen LogP contribution >= 0.6 is 12.6 Å². The average molecular weight is 249 g/mol. The fourth-order valence-electron chi connectivity index (χ4n) is 2.74. The number of nitrogens with zero attached hydrogens (tertiary/aromatic N) is 1. The topological polar surface area (TPSA) is 3.24 Å². The van der Waals surface area contributed by atoms with E-state index in [1.807, 2.05) is 0 Å². The van der Waals surface area contributed by atoms with Gasteiger partial charge in [-0.05, 0) is 43.5 Å². The molecule has 0 radical (unpaired) electrons. The van der Waals surface area contributed by atoms with Gasteiger partial charge in [0.25, 0.3) is 0 Å². The molecular formula is C15H23NS. The van der Waals surface area contributed by atoms with Crippen molar-refractivity contribution in [2.24, 2.45) is 0 Å². The van der Waals surface area contributed by atoms with Crippen LogP contribution in [0.15, 0.2) is 30.3 Å². The molecule has 2 heteroatoms. The molecule has 0 N–H and O–H groups in total. The Kier molecular flexibility index (Phi) is 5.40. The molecule has 0 bridgehead atoms. The molecule has 0 aliphatic carbocycles. The Labute approximate surface area is 111 Å². The largest absolute Gasteiger partial charge is 0.296 e. The highest BCUT2D eigenvalue weighted by Gasteiger charge is 2.21. The summed E-state index contributed by atoms with van der Waals surface area (Å²) < 4.78 is 0. The van der Waals surface area contributed by atoms with E-state index >= 15 is 0 Å². The van der Waals surface area contributed by atoms with E-state index in [2.05, 4.69) is 47.9 Å². The van der Waals surface area contributed by atoms with Gasteiger partial charge in [-0.2, -0.15) is 12.6 Å². The molecule has 1 aromatic rings. The van der Waals surface area contributed by atoms with Gasteiger partial charge < -0.3 is 0 Å². The summed E-state index contributed by atoms with van der Waals surface area (Å²) in [5, 5.41) is 0. The zero-order valence-corrected chi connectivity index (χ0v) is 11.4. The zero-order chi connectivity index (χ0) is 11.9. The first kappa shape index (κ1) is 13.0. The summed E-state index contributed by atoms with van der Waals surface area (Å²) in [4.78, 5) is 2.67. The Bertz CT molecular complexity index is 312. The van der Waals surface area contributed by atoms with E-state index in [1.54, 1.807) is 0 Å². The van der Waals surface area contributed by atoms with E-state index in [0.29, 0.717) is 0 Å². The SMILES string of the molecule is SCCCC1CCCCN1Cc1ccccc1. The summed E-state index contributed by atoms with van der Waals surface area (Å²) in [5.74, 6) is 1.02. The maximum absolute atomic E-state index is 4.33. The maximum atomic E-state index is 4.33. The molecule has 1 nitrogen and oxygen atoms in total. The predicted molar refractivity (Wildman–Crippen MR) is 77.6 cm³/mol. The molecule has 17 heavy (non-hydrogen) atoms. The van der Waals surface area contributed by atoms with Crippen molar-refractivity contribution in [3.8, 4) is 0 Å². The second kappa shape index (κ2) is 7.07. The Morgan fingerprint density at radius 3 is 2.76 bits per heavy atom. The summed E-state index contributed by atoms with van der Waals surface area (Å²) in [6.45, 7) is 2.39. The number of rotatable bonds is 5. The van der Waals surface area contributed by atoms with Crippen LogP contribution in [0.25, 0.3) is 0 Å². The van der Waals surface area contributed by atoms with E-state index in [1.165, 1.54) is 44.2 Å². The normalized spacial score (nSPS) is 21.6. The molecule has 0 amide bonds. The molecule has 1 aliphatic rings. The Morgan fingerprint density at radius 2 is 2.00 bits per heavy atom. The highest BCUT2D eigenvalue weighted by molar-refractivity contribution is 7.80. The molecule has 1 unspecified atom stereocenters. The highest BCUT2D eigenvalue weighted by Crippen LogP contribution is 2.23. The molecule has 2 rings (SSSR count). The number of hydrogen-bond acceptors (Lipinski definition) is 2. The monoisotopic (exact) mass is 249 g/mol. The minimum atomic E-state index is 0.788. The van der Waals surface area contributed by atoms with Crippen LogP contribution in [0.1, 0.15) is 37.7 Å². The van der Waals surface area contributed by atoms with Crippen molar-refractivity contribution in [2.75, 3.05) is 12.3 Å². The number of hydrogen-bond donors (Lipinski definition) is 1. The van der Waals surface area contributed by atoms with Gasteiger partial charge >= 0.3 is 0 Å². The van der Waals surface area contributed by atoms with Crippen molar-refractivity contribution in [3.05, 3.63) is 35.9 Å². The van der Waals surface area contributed by atoms with Crippen molar-refractivity contribution in [2.45, 2.75) is 44.7 Å². The molecule has 1 saturated heterocycles. The van der Waals surface area contributed by atoms with Crippen LogP contribution in [0.3, 0.4) is 0 Å². The molecule has 94 valence electrons. The van der Waals surface area contributed by atoms with E-state index < -0.39 is 0 Å². The van der Waals surface area contributed by atoms with Crippen molar-refractivity contribution in [1.29, 1.82) is 0 Å². The van der Waals surface area contributed by atoms with Crippen LogP contribution in [0.2, 0.25) is 0 Å². The average Bonchev–Trinajstić information content (AvgIpc) is 2.39. The van der Waals surface area contributed by atoms with Crippen molar-refractivity contribution in [3.63, 3.8) is 0 Å². The second-order valence-electron chi connectivity index (χ2n) is 4.97. The summed E-state index contributed by atoms with van der Waals surface area (Å²) in [6.07, 6.45) is 6.71. The van der Waals surface area contributed by atoms with Gasteiger partial charge in [-0.1, -0.05) is 36.8 Å². The van der Waals surface area contributed by atoms with Gasteiger partial charge in [0.05, 0.1) is 0 Å². The van der Waals surface area contributed by atoms with Gasteiger partial charge in [-0.25, -0.2) is 0 Å². The molecule has 0 aromatic heterocycles. The lowest BCUT2D eigenvalue weighted by Crippen LogP contribution is -2.38. The Morgan fingerprint density at radius 1 is 1.18 bits per heavy atom. The van der Waals surface area contributed by atoms with Crippen LogP contribution in [0.5, 0.6) is 0 Å². The molecule has 0 saturated carbocycles. The van der Waals surface area contributed by atoms with Gasteiger partial charge in [0, 0.05) is 12.6 Å². The number of thiol groups is 1. The highest BCUT2D eigenvalue weighted by atomic mass is 32.1. The lowest BCUT2D eigenvalue weighted by Gasteiger charge is -2.35. The number of likely N-dealkylation sites (tertiary alicyclic amines) is 1. The fraction of sp³-hybridized carbons (Fsp3) is 0.600. The van der Waals surface area contributed by atoms with E-state index in [-0.39, 0.29) is 0 Å². The van der Waals surface area contributed by atoms with Crippen molar-refractivity contribution >= 4 is 12.6 Å². The Hall–Kier alpha value is -0.470. The molecule has 1 fully saturated rings. The molecule has 1 atom stereocenters. The smallest absolute Gasteiger partial charge is 0.0236 e. The minimum Gasteiger partial charge on any atom is -0.296 e. The molecular weight excluding hydrogens is 226 g/mol. The zero-order valence-electron chi connectivity index (χ0n) is 10.5. The van der Waals surface area contributed by atoms with E-state index in [4.69, 9.17) is 0 Å². The second-order valence-corrected chi connectivity index (χ2v) is 5.42. The van der Waals surface area contributed by atoms with Gasteiger partial charge in [0.15, 0.2) is 0 Å². The maximum Gasteiger partial charge on any atom is 0.0236 e. The number of benzene rings is 1. The predicted octanol–water partition coefficient (Wildman–Crippen LogP) is 3.75. The lowest BCUT2D eigenvalue weighted by atomic mass is 9.97. The molecule has 1 heterocycles. The third-order valence-corrected chi connectivity index (χ3v) is 3.99. The van der Waals surface area contributed by atoms with E-state index in [9.17, 15) is 0 Å². The molecule has 1 aliphatic heterocycles. The summed E-state index contributed by atoms with van der Waals surface area (Å²) in [6, 6.07) is 11.6. The van der Waals surface area contributed by atoms with Gasteiger partial charge in [0.2, 0.25) is 0 Å². The standard InChI is InChI=1S/C15H23NS/c17-12-6-10-15-9-4-5-11-16(15)13-14-7-2-1-3-8-14/h1-3,7-8,15,17H,4-6,9-13H2. The van der Waals surface area contributed by atoms with Crippen LogP contribution in [-0.4, -0.2) is 23.2 Å². The van der Waals surface area contributed by atoms with Crippen LogP contribution in [0, 0.1) is 0 Å². The molecule has 0 spiro atoms. The minimum absolute atomic E-state index is 0.788.